The van der Waals surface area contributed by atoms with Gasteiger partial charge in [-0.15, -0.1) is 0 Å². The molecule has 0 radical (unpaired) electrons. The first-order chi connectivity index (χ1) is 8.19. The van der Waals surface area contributed by atoms with E-state index < -0.39 is 0 Å². The Labute approximate surface area is 99.3 Å². The standard InChI is InChI=1S/C10H9N3O2.C2H6/c1-3-5-7-6(4-2)11-10(15)8(7)12-13-9(5)14;1-2/h3-4H,1H2,2H3,(H,11,15)(H,13,14);1-2H3/b6-4+;. The number of aromatic amines is 1. The van der Waals surface area contributed by atoms with Gasteiger partial charge in [0.1, 0.15) is 0 Å². The summed E-state index contributed by atoms with van der Waals surface area (Å²) >= 11 is 0. The summed E-state index contributed by atoms with van der Waals surface area (Å²) < 4.78 is 0. The van der Waals surface area contributed by atoms with Gasteiger partial charge in [-0.3, -0.25) is 9.59 Å². The van der Waals surface area contributed by atoms with E-state index in [2.05, 4.69) is 22.1 Å². The van der Waals surface area contributed by atoms with Crippen LogP contribution in [0.4, 0.5) is 0 Å². The zero-order valence-corrected chi connectivity index (χ0v) is 10.1. The van der Waals surface area contributed by atoms with Crippen molar-refractivity contribution < 1.29 is 4.79 Å². The molecular formula is C12H15N3O2. The molecule has 0 saturated carbocycles. The van der Waals surface area contributed by atoms with Crippen molar-refractivity contribution in [3.8, 4) is 0 Å². The topological polar surface area (TPSA) is 74.8 Å². The number of hydrogen-bond donors (Lipinski definition) is 2. The molecule has 1 amide bonds. The lowest BCUT2D eigenvalue weighted by Crippen LogP contribution is -2.16. The van der Waals surface area contributed by atoms with Gasteiger partial charge in [0, 0.05) is 11.3 Å². The van der Waals surface area contributed by atoms with Gasteiger partial charge in [0.2, 0.25) is 0 Å². The number of carbonyl (C=O) groups excluding carboxylic acids is 1. The summed E-state index contributed by atoms with van der Waals surface area (Å²) in [6.45, 7) is 9.33. The van der Waals surface area contributed by atoms with Crippen LogP contribution in [0.5, 0.6) is 0 Å². The molecule has 1 aliphatic rings. The Morgan fingerprint density at radius 1 is 1.29 bits per heavy atom. The van der Waals surface area contributed by atoms with Crippen LogP contribution in [0.25, 0.3) is 11.8 Å². The fraction of sp³-hybridized carbons (Fsp3) is 0.250. The number of hydrogen-bond acceptors (Lipinski definition) is 3. The first-order valence-corrected chi connectivity index (χ1v) is 5.42. The quantitative estimate of drug-likeness (QED) is 0.772. The third kappa shape index (κ3) is 2.04. The molecule has 0 unspecified atom stereocenters. The number of nitrogens with zero attached hydrogens (tertiary/aromatic N) is 1. The van der Waals surface area contributed by atoms with Crippen molar-refractivity contribution in [1.82, 2.24) is 15.5 Å². The lowest BCUT2D eigenvalue weighted by molar-refractivity contribution is 0.0975. The number of carbonyl (C=O) groups is 1. The summed E-state index contributed by atoms with van der Waals surface area (Å²) in [6.07, 6.45) is 3.14. The highest BCUT2D eigenvalue weighted by Gasteiger charge is 2.28. The molecule has 1 aliphatic heterocycles. The molecule has 2 rings (SSSR count). The Kier molecular flexibility index (Phi) is 3.98. The molecule has 17 heavy (non-hydrogen) atoms. The van der Waals surface area contributed by atoms with Crippen molar-refractivity contribution >= 4 is 17.7 Å². The van der Waals surface area contributed by atoms with Gasteiger partial charge in [0.25, 0.3) is 11.5 Å². The molecule has 90 valence electrons. The molecule has 2 N–H and O–H groups in total. The highest BCUT2D eigenvalue weighted by molar-refractivity contribution is 6.08. The van der Waals surface area contributed by atoms with Crippen molar-refractivity contribution in [2.45, 2.75) is 20.8 Å². The van der Waals surface area contributed by atoms with Crippen molar-refractivity contribution in [1.29, 1.82) is 0 Å². The second kappa shape index (κ2) is 5.25. The van der Waals surface area contributed by atoms with Gasteiger partial charge < -0.3 is 5.32 Å². The van der Waals surface area contributed by atoms with Gasteiger partial charge >= 0.3 is 0 Å². The fourth-order valence-electron chi connectivity index (χ4n) is 1.56. The zero-order chi connectivity index (χ0) is 13.0. The monoisotopic (exact) mass is 233 g/mol. The Morgan fingerprint density at radius 2 is 1.94 bits per heavy atom. The summed E-state index contributed by atoms with van der Waals surface area (Å²) in [4.78, 5) is 22.9. The maximum absolute atomic E-state index is 11.4. The van der Waals surface area contributed by atoms with Crippen LogP contribution in [0, 0.1) is 0 Å². The van der Waals surface area contributed by atoms with E-state index in [1.807, 2.05) is 13.8 Å². The Morgan fingerprint density at radius 3 is 2.47 bits per heavy atom. The molecular weight excluding hydrogens is 218 g/mol. The molecule has 1 aromatic rings. The molecule has 5 nitrogen and oxygen atoms in total. The number of nitrogens with one attached hydrogen (secondary N) is 2. The van der Waals surface area contributed by atoms with Gasteiger partial charge in [0.05, 0.1) is 5.56 Å². The number of amides is 1. The van der Waals surface area contributed by atoms with E-state index in [1.54, 1.807) is 13.0 Å². The average Bonchev–Trinajstić information content (AvgIpc) is 2.69. The Hall–Kier alpha value is -2.17. The molecule has 1 aromatic heterocycles. The average molecular weight is 233 g/mol. The smallest absolute Gasteiger partial charge is 0.276 e. The lowest BCUT2D eigenvalue weighted by atomic mass is 10.1. The van der Waals surface area contributed by atoms with E-state index in [9.17, 15) is 9.59 Å². The summed E-state index contributed by atoms with van der Waals surface area (Å²) in [6, 6.07) is 0. The van der Waals surface area contributed by atoms with Crippen LogP contribution in [0.3, 0.4) is 0 Å². The molecule has 0 atom stereocenters. The van der Waals surface area contributed by atoms with Crippen LogP contribution < -0.4 is 10.9 Å². The molecule has 5 heteroatoms. The van der Waals surface area contributed by atoms with Crippen molar-refractivity contribution in [3.63, 3.8) is 0 Å². The third-order valence-electron chi connectivity index (χ3n) is 2.25. The lowest BCUT2D eigenvalue weighted by Gasteiger charge is -2.00. The molecule has 0 aromatic carbocycles. The van der Waals surface area contributed by atoms with Crippen molar-refractivity contribution in [2.24, 2.45) is 0 Å². The first kappa shape index (κ1) is 12.9. The predicted octanol–water partition coefficient (Wildman–Crippen LogP) is 1.54. The first-order valence-electron chi connectivity index (χ1n) is 5.42. The number of fused-ring (bicyclic) bond motifs is 1. The van der Waals surface area contributed by atoms with Crippen LogP contribution in [0.15, 0.2) is 17.4 Å². The minimum absolute atomic E-state index is 0.234. The molecule has 0 fully saturated rings. The molecule has 0 spiro atoms. The Bertz CT molecular complexity index is 541. The maximum Gasteiger partial charge on any atom is 0.276 e. The van der Waals surface area contributed by atoms with E-state index in [0.717, 1.165) is 0 Å². The summed E-state index contributed by atoms with van der Waals surface area (Å²) in [5.74, 6) is -0.308. The number of rotatable bonds is 1. The van der Waals surface area contributed by atoms with Gasteiger partial charge in [-0.2, -0.15) is 5.10 Å². The largest absolute Gasteiger partial charge is 0.320 e. The molecule has 0 bridgehead atoms. The number of aromatic nitrogens is 2. The van der Waals surface area contributed by atoms with Gasteiger partial charge in [-0.25, -0.2) is 5.10 Å². The minimum atomic E-state index is -0.348. The maximum atomic E-state index is 11.4. The molecule has 0 aliphatic carbocycles. The van der Waals surface area contributed by atoms with Crippen molar-refractivity contribution in [3.05, 3.63) is 39.8 Å². The third-order valence-corrected chi connectivity index (χ3v) is 2.25. The van der Waals surface area contributed by atoms with Gasteiger partial charge in [-0.05, 0) is 6.92 Å². The second-order valence-electron chi connectivity index (χ2n) is 3.05. The van der Waals surface area contributed by atoms with Crippen LogP contribution in [-0.2, 0) is 0 Å². The van der Waals surface area contributed by atoms with Crippen LogP contribution in [0.1, 0.15) is 42.4 Å². The number of allylic oxidation sites excluding steroid dienone is 1. The van der Waals surface area contributed by atoms with Crippen molar-refractivity contribution in [2.75, 3.05) is 0 Å². The normalized spacial score (nSPS) is 14.8. The van der Waals surface area contributed by atoms with E-state index in [0.29, 0.717) is 16.8 Å². The van der Waals surface area contributed by atoms with Crippen LogP contribution in [-0.4, -0.2) is 16.1 Å². The van der Waals surface area contributed by atoms with E-state index >= 15 is 0 Å². The van der Waals surface area contributed by atoms with Crippen LogP contribution >= 0.6 is 0 Å². The number of H-pyrrole nitrogens is 1. The van der Waals surface area contributed by atoms with E-state index in [1.165, 1.54) is 6.08 Å². The summed E-state index contributed by atoms with van der Waals surface area (Å²) in [7, 11) is 0. The molecule has 0 saturated heterocycles. The van der Waals surface area contributed by atoms with Gasteiger partial charge in [-0.1, -0.05) is 32.6 Å². The highest BCUT2D eigenvalue weighted by Crippen LogP contribution is 2.24. The van der Waals surface area contributed by atoms with E-state index in [-0.39, 0.29) is 17.2 Å². The zero-order valence-electron chi connectivity index (χ0n) is 10.1. The Balaban J connectivity index is 0.000000686. The van der Waals surface area contributed by atoms with Gasteiger partial charge in [0.15, 0.2) is 5.69 Å². The minimum Gasteiger partial charge on any atom is -0.320 e. The summed E-state index contributed by atoms with van der Waals surface area (Å²) in [5, 5.41) is 8.59. The van der Waals surface area contributed by atoms with E-state index in [4.69, 9.17) is 0 Å². The fourth-order valence-corrected chi connectivity index (χ4v) is 1.56. The highest BCUT2D eigenvalue weighted by atomic mass is 16.2. The molecule has 2 heterocycles. The summed E-state index contributed by atoms with van der Waals surface area (Å²) in [5.41, 5.74) is 1.38. The predicted molar refractivity (Wildman–Crippen MR) is 67.4 cm³/mol. The second-order valence-corrected chi connectivity index (χ2v) is 3.05. The SMILES string of the molecule is C=Cc1c2c(n[nH]c1=O)C(=O)N/C2=C/C.CC. The van der Waals surface area contributed by atoms with Crippen LogP contribution in [0.2, 0.25) is 0 Å².